The number of hydrogen-bond donors (Lipinski definition) is 1. The number of carbonyl (C=O) groups is 2. The zero-order valence-electron chi connectivity index (χ0n) is 14.5. The quantitative estimate of drug-likeness (QED) is 0.509. The smallest absolute Gasteiger partial charge is 0.221 e. The maximum absolute atomic E-state index is 12.6. The lowest BCUT2D eigenvalue weighted by Crippen LogP contribution is -2.15. The third-order valence-corrected chi connectivity index (χ3v) is 4.71. The Morgan fingerprint density at radius 2 is 1.58 bits per heavy atom. The monoisotopic (exact) mass is 343 g/mol. The van der Waals surface area contributed by atoms with Crippen molar-refractivity contribution in [2.24, 2.45) is 0 Å². The fourth-order valence-corrected chi connectivity index (χ4v) is 3.10. The van der Waals surface area contributed by atoms with Crippen LogP contribution >= 0.6 is 11.8 Å². The second-order valence-electron chi connectivity index (χ2n) is 5.68. The molecule has 0 aliphatic heterocycles. The maximum Gasteiger partial charge on any atom is 0.221 e. The van der Waals surface area contributed by atoms with Crippen LogP contribution in [-0.2, 0) is 4.79 Å². The Labute approximate surface area is 146 Å². The van der Waals surface area contributed by atoms with Gasteiger partial charge in [0, 0.05) is 29.6 Å². The minimum absolute atomic E-state index is 0.00820. The summed E-state index contributed by atoms with van der Waals surface area (Å²) in [6.07, 6.45) is 0. The molecule has 0 saturated carbocycles. The lowest BCUT2D eigenvalue weighted by Gasteiger charge is -2.12. The number of nitrogens with zero attached hydrogens (tertiary/aromatic N) is 2. The molecule has 0 saturated heterocycles. The first-order valence-electron chi connectivity index (χ1n) is 7.68. The molecular formula is C18H21N3O2S. The Bertz CT molecular complexity index is 749. The van der Waals surface area contributed by atoms with Gasteiger partial charge in [0.1, 0.15) is 0 Å². The molecule has 126 valence electrons. The highest BCUT2D eigenvalue weighted by molar-refractivity contribution is 8.00. The summed E-state index contributed by atoms with van der Waals surface area (Å²) in [5.74, 6) is -0.130. The SMILES string of the molecule is CC(=O)Nc1ccc(C(=O)C(C)Sc2nc(C)c(C)c(C)n2)cc1. The summed E-state index contributed by atoms with van der Waals surface area (Å²) >= 11 is 1.36. The third-order valence-electron chi connectivity index (χ3n) is 3.75. The normalized spacial score (nSPS) is 11.9. The predicted octanol–water partition coefficient (Wildman–Crippen LogP) is 3.72. The number of ketones is 1. The van der Waals surface area contributed by atoms with Gasteiger partial charge in [-0.3, -0.25) is 9.59 Å². The van der Waals surface area contributed by atoms with Crippen LogP contribution in [0.5, 0.6) is 0 Å². The maximum atomic E-state index is 12.6. The van der Waals surface area contributed by atoms with Crippen LogP contribution in [0.25, 0.3) is 0 Å². The van der Waals surface area contributed by atoms with Gasteiger partial charge in [0.05, 0.1) is 5.25 Å². The van der Waals surface area contributed by atoms with Gasteiger partial charge in [-0.05, 0) is 57.5 Å². The van der Waals surface area contributed by atoms with E-state index in [9.17, 15) is 9.59 Å². The second kappa shape index (κ2) is 7.57. The van der Waals surface area contributed by atoms with E-state index in [1.165, 1.54) is 18.7 Å². The highest BCUT2D eigenvalue weighted by Crippen LogP contribution is 2.24. The van der Waals surface area contributed by atoms with Crippen LogP contribution in [-0.4, -0.2) is 26.9 Å². The fraction of sp³-hybridized carbons (Fsp3) is 0.333. The van der Waals surface area contributed by atoms with Gasteiger partial charge in [0.15, 0.2) is 10.9 Å². The number of amides is 1. The lowest BCUT2D eigenvalue weighted by molar-refractivity contribution is -0.114. The average Bonchev–Trinajstić information content (AvgIpc) is 2.52. The van der Waals surface area contributed by atoms with Crippen molar-refractivity contribution in [3.63, 3.8) is 0 Å². The number of thioether (sulfide) groups is 1. The first-order valence-corrected chi connectivity index (χ1v) is 8.56. The Morgan fingerprint density at radius 3 is 2.08 bits per heavy atom. The Morgan fingerprint density at radius 1 is 1.04 bits per heavy atom. The van der Waals surface area contributed by atoms with Crippen molar-refractivity contribution >= 4 is 29.1 Å². The van der Waals surface area contributed by atoms with E-state index >= 15 is 0 Å². The number of rotatable bonds is 5. The molecule has 1 heterocycles. The molecule has 2 rings (SSSR count). The molecule has 24 heavy (non-hydrogen) atoms. The molecule has 0 bridgehead atoms. The molecule has 1 aromatic heterocycles. The minimum Gasteiger partial charge on any atom is -0.326 e. The predicted molar refractivity (Wildman–Crippen MR) is 96.6 cm³/mol. The highest BCUT2D eigenvalue weighted by Gasteiger charge is 2.18. The van der Waals surface area contributed by atoms with Crippen molar-refractivity contribution in [1.29, 1.82) is 0 Å². The van der Waals surface area contributed by atoms with Gasteiger partial charge in [0.25, 0.3) is 0 Å². The number of benzene rings is 1. The summed E-state index contributed by atoms with van der Waals surface area (Å²) < 4.78 is 0. The van der Waals surface area contributed by atoms with Crippen molar-refractivity contribution in [2.45, 2.75) is 45.0 Å². The van der Waals surface area contributed by atoms with Crippen molar-refractivity contribution in [2.75, 3.05) is 5.32 Å². The third kappa shape index (κ3) is 4.41. The Balaban J connectivity index is 2.10. The van der Waals surface area contributed by atoms with Gasteiger partial charge in [0.2, 0.25) is 5.91 Å². The molecular weight excluding hydrogens is 322 g/mol. The van der Waals surface area contributed by atoms with E-state index in [1.807, 2.05) is 27.7 Å². The molecule has 5 nitrogen and oxygen atoms in total. The Hall–Kier alpha value is -2.21. The Kier molecular flexibility index (Phi) is 5.72. The van der Waals surface area contributed by atoms with Crippen molar-refractivity contribution in [1.82, 2.24) is 9.97 Å². The highest BCUT2D eigenvalue weighted by atomic mass is 32.2. The van der Waals surface area contributed by atoms with E-state index in [2.05, 4.69) is 15.3 Å². The summed E-state index contributed by atoms with van der Waals surface area (Å²) in [5, 5.41) is 3.01. The average molecular weight is 343 g/mol. The molecule has 0 spiro atoms. The number of hydrogen-bond acceptors (Lipinski definition) is 5. The molecule has 0 aliphatic rings. The summed E-state index contributed by atoms with van der Waals surface area (Å²) in [4.78, 5) is 32.5. The van der Waals surface area contributed by atoms with Crippen LogP contribution in [0.3, 0.4) is 0 Å². The molecule has 0 radical (unpaired) electrons. The fourth-order valence-electron chi connectivity index (χ4n) is 2.16. The summed E-state index contributed by atoms with van der Waals surface area (Å²) in [6, 6.07) is 6.89. The zero-order valence-corrected chi connectivity index (χ0v) is 15.3. The number of nitrogens with one attached hydrogen (secondary N) is 1. The van der Waals surface area contributed by atoms with Gasteiger partial charge in [-0.1, -0.05) is 11.8 Å². The second-order valence-corrected chi connectivity index (χ2v) is 6.99. The van der Waals surface area contributed by atoms with Crippen LogP contribution in [0.4, 0.5) is 5.69 Å². The summed E-state index contributed by atoms with van der Waals surface area (Å²) in [5.41, 5.74) is 4.22. The van der Waals surface area contributed by atoms with Crippen LogP contribution < -0.4 is 5.32 Å². The van der Waals surface area contributed by atoms with Crippen LogP contribution in [0.2, 0.25) is 0 Å². The van der Waals surface area contributed by atoms with E-state index in [0.717, 1.165) is 17.0 Å². The van der Waals surface area contributed by atoms with E-state index in [-0.39, 0.29) is 16.9 Å². The lowest BCUT2D eigenvalue weighted by atomic mass is 10.1. The molecule has 0 fully saturated rings. The van der Waals surface area contributed by atoms with Gasteiger partial charge in [-0.25, -0.2) is 9.97 Å². The van der Waals surface area contributed by atoms with Gasteiger partial charge in [-0.15, -0.1) is 0 Å². The van der Waals surface area contributed by atoms with Gasteiger partial charge in [-0.2, -0.15) is 0 Å². The van der Waals surface area contributed by atoms with Crippen LogP contribution in [0, 0.1) is 20.8 Å². The number of aromatic nitrogens is 2. The van der Waals surface area contributed by atoms with Crippen molar-refractivity contribution in [3.8, 4) is 0 Å². The van der Waals surface area contributed by atoms with E-state index < -0.39 is 0 Å². The molecule has 1 aromatic carbocycles. The first kappa shape index (κ1) is 18.1. The standard InChI is InChI=1S/C18H21N3O2S/c1-10-11(2)19-18(20-12(10)3)24-13(4)17(23)15-6-8-16(9-7-15)21-14(5)22/h6-9,13H,1-5H3,(H,21,22). The summed E-state index contributed by atoms with van der Waals surface area (Å²) in [7, 11) is 0. The van der Waals surface area contributed by atoms with Crippen LogP contribution in [0.1, 0.15) is 41.2 Å². The minimum atomic E-state index is -0.293. The molecule has 1 unspecified atom stereocenters. The molecule has 1 amide bonds. The van der Waals surface area contributed by atoms with E-state index in [1.54, 1.807) is 24.3 Å². The van der Waals surface area contributed by atoms with Gasteiger partial charge < -0.3 is 5.32 Å². The van der Waals surface area contributed by atoms with E-state index in [4.69, 9.17) is 0 Å². The van der Waals surface area contributed by atoms with E-state index in [0.29, 0.717) is 16.4 Å². The molecule has 1 N–H and O–H groups in total. The largest absolute Gasteiger partial charge is 0.326 e. The number of aryl methyl sites for hydroxylation is 2. The molecule has 1 atom stereocenters. The first-order chi connectivity index (χ1) is 11.3. The molecule has 6 heteroatoms. The molecule has 0 aliphatic carbocycles. The number of carbonyl (C=O) groups excluding carboxylic acids is 2. The zero-order chi connectivity index (χ0) is 17.9. The molecule has 2 aromatic rings. The number of Topliss-reactive ketones (excluding diaryl/α,β-unsaturated/α-hetero) is 1. The summed E-state index contributed by atoms with van der Waals surface area (Å²) in [6.45, 7) is 9.18. The topological polar surface area (TPSA) is 72.0 Å². The van der Waals surface area contributed by atoms with Crippen molar-refractivity contribution < 1.29 is 9.59 Å². The van der Waals surface area contributed by atoms with Crippen LogP contribution in [0.15, 0.2) is 29.4 Å². The van der Waals surface area contributed by atoms with Gasteiger partial charge >= 0.3 is 0 Å². The van der Waals surface area contributed by atoms with Crippen molar-refractivity contribution in [3.05, 3.63) is 46.8 Å². The number of anilines is 1.